The molecule has 0 saturated carbocycles. The highest BCUT2D eigenvalue weighted by Gasteiger charge is 2.21. The number of carbonyl (C=O) groups is 1. The van der Waals surface area contributed by atoms with E-state index in [1.807, 2.05) is 24.3 Å². The largest absolute Gasteiger partial charge is 0.423 e. The van der Waals surface area contributed by atoms with E-state index in [9.17, 15) is 4.79 Å². The van der Waals surface area contributed by atoms with Gasteiger partial charge in [-0.15, -0.1) is 10.2 Å². The Labute approximate surface area is 147 Å². The van der Waals surface area contributed by atoms with Crippen molar-refractivity contribution in [3.63, 3.8) is 0 Å². The predicted octanol–water partition coefficient (Wildman–Crippen LogP) is 4.26. The molecule has 1 heterocycles. The highest BCUT2D eigenvalue weighted by molar-refractivity contribution is 6.30. The number of nitrogens with one attached hydrogen (secondary N) is 1. The molecular weight excluding hydrogens is 326 g/mol. The van der Waals surface area contributed by atoms with E-state index < -0.39 is 0 Å². The van der Waals surface area contributed by atoms with Crippen LogP contribution < -0.4 is 5.32 Å². The lowest BCUT2D eigenvalue weighted by molar-refractivity contribution is -0.122. The van der Waals surface area contributed by atoms with Gasteiger partial charge in [0.15, 0.2) is 0 Å². The number of rotatable bonds is 8. The molecule has 1 N–H and O–H groups in total. The minimum atomic E-state index is -0.232. The highest BCUT2D eigenvalue weighted by Crippen LogP contribution is 2.20. The molecule has 1 aromatic heterocycles. The molecule has 6 heteroatoms. The first kappa shape index (κ1) is 18.5. The number of halogens is 1. The first-order valence-electron chi connectivity index (χ1n) is 8.28. The van der Waals surface area contributed by atoms with Crippen LogP contribution in [0, 0.1) is 12.8 Å². The molecule has 0 bridgehead atoms. The summed E-state index contributed by atoms with van der Waals surface area (Å²) >= 11 is 5.97. The highest BCUT2D eigenvalue weighted by atomic mass is 35.5. The number of aromatic nitrogens is 2. The van der Waals surface area contributed by atoms with Crippen LogP contribution in [0.2, 0.25) is 5.02 Å². The quantitative estimate of drug-likeness (QED) is 0.773. The summed E-state index contributed by atoms with van der Waals surface area (Å²) in [6.45, 7) is 5.94. The van der Waals surface area contributed by atoms with E-state index in [1.165, 1.54) is 0 Å². The van der Waals surface area contributed by atoms with Crippen molar-refractivity contribution >= 4 is 17.5 Å². The summed E-state index contributed by atoms with van der Waals surface area (Å²) in [4.78, 5) is 12.2. The van der Waals surface area contributed by atoms with Crippen molar-refractivity contribution in [3.8, 4) is 0 Å². The molecule has 2 rings (SSSR count). The van der Waals surface area contributed by atoms with Crippen LogP contribution in [-0.4, -0.2) is 16.1 Å². The average molecular weight is 350 g/mol. The molecule has 0 fully saturated rings. The number of nitrogens with zero attached hydrogens (tertiary/aromatic N) is 2. The first-order chi connectivity index (χ1) is 11.4. The van der Waals surface area contributed by atoms with Crippen molar-refractivity contribution in [2.75, 3.05) is 0 Å². The van der Waals surface area contributed by atoms with E-state index in [2.05, 4.69) is 29.4 Å². The molecule has 1 amide bonds. The van der Waals surface area contributed by atoms with Gasteiger partial charge >= 0.3 is 0 Å². The zero-order valence-corrected chi connectivity index (χ0v) is 15.1. The minimum Gasteiger partial charge on any atom is -0.423 e. The molecule has 0 radical (unpaired) electrons. The lowest BCUT2D eigenvalue weighted by atomic mass is 10.0. The second-order valence-electron chi connectivity index (χ2n) is 6.39. The Morgan fingerprint density at radius 2 is 2.12 bits per heavy atom. The van der Waals surface area contributed by atoms with Crippen molar-refractivity contribution < 1.29 is 9.21 Å². The van der Waals surface area contributed by atoms with Crippen LogP contribution in [0.5, 0.6) is 0 Å². The molecule has 130 valence electrons. The number of benzene rings is 1. The summed E-state index contributed by atoms with van der Waals surface area (Å²) in [5, 5.41) is 11.6. The first-order valence-corrected chi connectivity index (χ1v) is 8.65. The summed E-state index contributed by atoms with van der Waals surface area (Å²) in [7, 11) is 0. The summed E-state index contributed by atoms with van der Waals surface area (Å²) in [5.41, 5.74) is 1.14. The third-order valence-corrected chi connectivity index (χ3v) is 3.88. The number of carbonyl (C=O) groups excluding carboxylic acids is 1. The second kappa shape index (κ2) is 8.83. The smallest absolute Gasteiger partial charge is 0.238 e. The summed E-state index contributed by atoms with van der Waals surface area (Å²) in [5.74, 6) is 1.39. The molecule has 0 aliphatic heterocycles. The van der Waals surface area contributed by atoms with Crippen LogP contribution in [0.15, 0.2) is 28.7 Å². The molecule has 1 aromatic carbocycles. The van der Waals surface area contributed by atoms with Crippen molar-refractivity contribution in [3.05, 3.63) is 46.6 Å². The number of hydrogen-bond acceptors (Lipinski definition) is 4. The SMILES string of the molecule is Cc1nnc(C(CC(C)C)NC(=O)CCCc2cccc(Cl)c2)o1. The van der Waals surface area contributed by atoms with Gasteiger partial charge in [-0.1, -0.05) is 37.6 Å². The lowest BCUT2D eigenvalue weighted by Gasteiger charge is -2.17. The third kappa shape index (κ3) is 5.96. The van der Waals surface area contributed by atoms with Gasteiger partial charge < -0.3 is 9.73 Å². The van der Waals surface area contributed by atoms with Crippen molar-refractivity contribution in [1.29, 1.82) is 0 Å². The Hall–Kier alpha value is -1.88. The predicted molar refractivity (Wildman–Crippen MR) is 93.8 cm³/mol. The topological polar surface area (TPSA) is 68.0 Å². The fourth-order valence-electron chi connectivity index (χ4n) is 2.56. The van der Waals surface area contributed by atoms with Crippen LogP contribution in [0.4, 0.5) is 0 Å². The zero-order chi connectivity index (χ0) is 17.5. The van der Waals surface area contributed by atoms with Gasteiger partial charge in [-0.05, 0) is 42.9 Å². The molecule has 5 nitrogen and oxygen atoms in total. The fourth-order valence-corrected chi connectivity index (χ4v) is 2.77. The Kier molecular flexibility index (Phi) is 6.79. The van der Waals surface area contributed by atoms with E-state index >= 15 is 0 Å². The van der Waals surface area contributed by atoms with Crippen molar-refractivity contribution in [2.45, 2.75) is 52.5 Å². The molecule has 2 aromatic rings. The van der Waals surface area contributed by atoms with Gasteiger partial charge in [-0.2, -0.15) is 0 Å². The van der Waals surface area contributed by atoms with Crippen LogP contribution in [-0.2, 0) is 11.2 Å². The number of amides is 1. The van der Waals surface area contributed by atoms with Gasteiger partial charge in [0.1, 0.15) is 6.04 Å². The Morgan fingerprint density at radius 3 is 2.75 bits per heavy atom. The van der Waals surface area contributed by atoms with Crippen molar-refractivity contribution in [2.24, 2.45) is 5.92 Å². The molecule has 1 unspecified atom stereocenters. The monoisotopic (exact) mass is 349 g/mol. The van der Waals surface area contributed by atoms with Crippen molar-refractivity contribution in [1.82, 2.24) is 15.5 Å². The second-order valence-corrected chi connectivity index (χ2v) is 6.83. The maximum Gasteiger partial charge on any atom is 0.238 e. The van der Waals surface area contributed by atoms with Crippen LogP contribution in [0.3, 0.4) is 0 Å². The van der Waals surface area contributed by atoms with Gasteiger partial charge in [-0.25, -0.2) is 0 Å². The standard InChI is InChI=1S/C18H24ClN3O2/c1-12(2)10-16(18-22-21-13(3)24-18)20-17(23)9-5-7-14-6-4-8-15(19)11-14/h4,6,8,11-12,16H,5,7,9-10H2,1-3H3,(H,20,23). The molecular formula is C18H24ClN3O2. The van der Waals surface area contributed by atoms with Crippen LogP contribution >= 0.6 is 11.6 Å². The molecule has 0 saturated heterocycles. The van der Waals surface area contributed by atoms with E-state index in [4.69, 9.17) is 16.0 Å². The number of aryl methyl sites for hydroxylation is 2. The fraction of sp³-hybridized carbons (Fsp3) is 0.500. The summed E-state index contributed by atoms with van der Waals surface area (Å²) in [6, 6.07) is 7.49. The average Bonchev–Trinajstić information content (AvgIpc) is 2.93. The van der Waals surface area contributed by atoms with Crippen LogP contribution in [0.1, 0.15) is 56.5 Å². The van der Waals surface area contributed by atoms with E-state index in [1.54, 1.807) is 6.92 Å². The molecule has 0 aliphatic carbocycles. The Balaban J connectivity index is 1.86. The Bertz CT molecular complexity index is 670. The zero-order valence-electron chi connectivity index (χ0n) is 14.4. The van der Waals surface area contributed by atoms with Crippen LogP contribution in [0.25, 0.3) is 0 Å². The summed E-state index contributed by atoms with van der Waals surface area (Å²) in [6.07, 6.45) is 2.81. The number of hydrogen-bond donors (Lipinski definition) is 1. The van der Waals surface area contributed by atoms with Gasteiger partial charge in [0.2, 0.25) is 17.7 Å². The normalized spacial score (nSPS) is 12.4. The molecule has 0 aliphatic rings. The van der Waals surface area contributed by atoms with Gasteiger partial charge in [0.05, 0.1) is 0 Å². The summed E-state index contributed by atoms with van der Waals surface area (Å²) < 4.78 is 5.48. The molecule has 1 atom stereocenters. The Morgan fingerprint density at radius 1 is 1.33 bits per heavy atom. The van der Waals surface area contributed by atoms with E-state index in [-0.39, 0.29) is 11.9 Å². The third-order valence-electron chi connectivity index (χ3n) is 3.64. The van der Waals surface area contributed by atoms with Gasteiger partial charge in [0, 0.05) is 18.4 Å². The minimum absolute atomic E-state index is 0.00136. The maximum absolute atomic E-state index is 12.2. The maximum atomic E-state index is 12.2. The lowest BCUT2D eigenvalue weighted by Crippen LogP contribution is -2.29. The molecule has 24 heavy (non-hydrogen) atoms. The molecule has 0 spiro atoms. The van der Waals surface area contributed by atoms with E-state index in [0.717, 1.165) is 29.8 Å². The van der Waals surface area contributed by atoms with Gasteiger partial charge in [0.25, 0.3) is 0 Å². The van der Waals surface area contributed by atoms with Gasteiger partial charge in [-0.3, -0.25) is 4.79 Å². The van der Waals surface area contributed by atoms with E-state index in [0.29, 0.717) is 24.1 Å².